The molecule has 7 aliphatic rings. The lowest BCUT2D eigenvalue weighted by molar-refractivity contribution is -0.545. The molecule has 0 amide bonds. The van der Waals surface area contributed by atoms with Gasteiger partial charge in [-0.25, -0.2) is 13.0 Å². The highest BCUT2D eigenvalue weighted by atomic mass is 32.2. The number of nitrogens with zero attached hydrogens (tertiary/aromatic N) is 2. The summed E-state index contributed by atoms with van der Waals surface area (Å²) < 4.78 is 82.3. The summed E-state index contributed by atoms with van der Waals surface area (Å²) in [5.41, 5.74) is 2.00. The second kappa shape index (κ2) is 10.1. The van der Waals surface area contributed by atoms with Crippen LogP contribution in [0, 0.1) is 35.5 Å². The first-order valence-electron chi connectivity index (χ1n) is 16.2. The van der Waals surface area contributed by atoms with Crippen molar-refractivity contribution in [3.63, 3.8) is 0 Å². The number of ether oxygens (including phenoxy) is 1. The first-order chi connectivity index (χ1) is 20.1. The van der Waals surface area contributed by atoms with Crippen molar-refractivity contribution in [1.29, 1.82) is 0 Å². The van der Waals surface area contributed by atoms with Gasteiger partial charge in [0.2, 0.25) is 0 Å². The summed E-state index contributed by atoms with van der Waals surface area (Å²) in [4.78, 5) is 1.66. The Hall–Kier alpha value is -1.37. The Labute approximate surface area is 249 Å². The zero-order valence-corrected chi connectivity index (χ0v) is 25.6. The van der Waals surface area contributed by atoms with Crippen LogP contribution in [-0.4, -0.2) is 85.6 Å². The topological polar surface area (TPSA) is 127 Å². The van der Waals surface area contributed by atoms with E-state index in [1.54, 1.807) is 5.71 Å². The first-order valence-corrected chi connectivity index (χ1v) is 19.0. The summed E-state index contributed by atoms with van der Waals surface area (Å²) in [6.07, 6.45) is 10.8. The third kappa shape index (κ3) is 4.39. The summed E-state index contributed by atoms with van der Waals surface area (Å²) in [5.74, 6) is 1.55. The van der Waals surface area contributed by atoms with Gasteiger partial charge in [-0.1, -0.05) is 6.07 Å². The standard InChI is InChI=1S/C31H42N2O7S2/c34-41(35,36)20-9-10-21(26(17-20)42(37,38)39)27-24-15-18-5-1-11-32-13-3-7-22(28(18)32)30(24)40-31-23-8-4-14-33-12-2-6-19(29(23)33)16-25(27)31/h9-10,17-19,22-25,27-28,30-31H,1-8,11-16H2,(H-,34,35,36,37,38,39). The van der Waals surface area contributed by atoms with Crippen LogP contribution in [0.2, 0.25) is 0 Å². The van der Waals surface area contributed by atoms with Crippen LogP contribution in [0.25, 0.3) is 0 Å². The van der Waals surface area contributed by atoms with Crippen LogP contribution in [0.4, 0.5) is 0 Å². The Morgan fingerprint density at radius 1 is 0.881 bits per heavy atom. The number of fused-ring (bicyclic) bond motifs is 4. The lowest BCUT2D eigenvalue weighted by Crippen LogP contribution is -2.66. The Kier molecular flexibility index (Phi) is 6.74. The molecule has 5 fully saturated rings. The molecule has 10 unspecified atom stereocenters. The predicted octanol–water partition coefficient (Wildman–Crippen LogP) is 3.49. The van der Waals surface area contributed by atoms with Gasteiger partial charge in [-0.2, -0.15) is 8.42 Å². The Balaban J connectivity index is 1.30. The van der Waals surface area contributed by atoms with Gasteiger partial charge in [-0.05, 0) is 106 Å². The Morgan fingerprint density at radius 2 is 1.62 bits per heavy atom. The lowest BCUT2D eigenvalue weighted by atomic mass is 9.53. The predicted molar refractivity (Wildman–Crippen MR) is 153 cm³/mol. The molecule has 2 aliphatic carbocycles. The van der Waals surface area contributed by atoms with Crippen molar-refractivity contribution in [2.75, 3.05) is 26.2 Å². The maximum absolute atomic E-state index is 12.8. The van der Waals surface area contributed by atoms with Crippen molar-refractivity contribution in [2.45, 2.75) is 98.2 Å². The second-order valence-corrected chi connectivity index (χ2v) is 17.0. The molecule has 5 heterocycles. The van der Waals surface area contributed by atoms with E-state index in [1.807, 2.05) is 0 Å². The SMILES string of the molecule is O=S(=O)([O-])c1cc(S(=O)(=O)O)ccc1C1C2CC3CCC[N+]4=C3C(CCC4)C2OC2C1CC1CCCN3CCCC2C13. The molecule has 0 aromatic heterocycles. The van der Waals surface area contributed by atoms with Gasteiger partial charge in [0.1, 0.15) is 23.2 Å². The molecule has 0 spiro atoms. The van der Waals surface area contributed by atoms with E-state index in [-0.39, 0.29) is 30.0 Å². The number of piperidine rings is 2. The molecular weight excluding hydrogens is 576 g/mol. The minimum Gasteiger partial charge on any atom is -0.744 e. The lowest BCUT2D eigenvalue weighted by Gasteiger charge is -2.62. The quantitative estimate of drug-likeness (QED) is 0.403. The Bertz CT molecular complexity index is 1520. The average molecular weight is 619 g/mol. The fraction of sp³-hybridized carbons (Fsp3) is 0.774. The van der Waals surface area contributed by atoms with E-state index in [0.717, 1.165) is 90.0 Å². The van der Waals surface area contributed by atoms with Gasteiger partial charge in [-0.3, -0.25) is 9.45 Å². The van der Waals surface area contributed by atoms with Gasteiger partial charge in [0.15, 0.2) is 5.71 Å². The van der Waals surface area contributed by atoms with Gasteiger partial charge >= 0.3 is 0 Å². The number of hydrogen-bond donors (Lipinski definition) is 1. The van der Waals surface area contributed by atoms with Crippen molar-refractivity contribution < 1.29 is 35.3 Å². The van der Waals surface area contributed by atoms with Gasteiger partial charge in [-0.15, -0.1) is 0 Å². The molecule has 2 saturated carbocycles. The molecule has 8 rings (SSSR count). The number of rotatable bonds is 3. The van der Waals surface area contributed by atoms with Crippen molar-refractivity contribution in [2.24, 2.45) is 35.5 Å². The van der Waals surface area contributed by atoms with Gasteiger partial charge in [0, 0.05) is 30.7 Å². The average Bonchev–Trinajstić information content (AvgIpc) is 2.96. The number of hydrogen-bond acceptors (Lipinski definition) is 7. The maximum atomic E-state index is 12.8. The van der Waals surface area contributed by atoms with E-state index in [1.165, 1.54) is 18.6 Å². The molecule has 3 saturated heterocycles. The molecule has 0 radical (unpaired) electrons. The van der Waals surface area contributed by atoms with Crippen molar-refractivity contribution in [3.05, 3.63) is 23.8 Å². The van der Waals surface area contributed by atoms with Crippen LogP contribution < -0.4 is 0 Å². The van der Waals surface area contributed by atoms with Crippen LogP contribution in [0.15, 0.2) is 28.0 Å². The molecule has 9 nitrogen and oxygen atoms in total. The molecule has 0 bridgehead atoms. The summed E-state index contributed by atoms with van der Waals surface area (Å²) in [6.45, 7) is 4.48. The van der Waals surface area contributed by atoms with E-state index in [4.69, 9.17) is 4.74 Å². The largest absolute Gasteiger partial charge is 0.744 e. The molecule has 5 aliphatic heterocycles. The van der Waals surface area contributed by atoms with Gasteiger partial charge in [0.25, 0.3) is 10.1 Å². The molecule has 1 N–H and O–H groups in total. The molecule has 1 aromatic carbocycles. The molecule has 1 aromatic rings. The van der Waals surface area contributed by atoms with Crippen LogP contribution >= 0.6 is 0 Å². The molecular formula is C31H42N2O7S2. The highest BCUT2D eigenvalue weighted by Crippen LogP contribution is 2.60. The molecule has 10 atom stereocenters. The maximum Gasteiger partial charge on any atom is 0.294 e. The minimum absolute atomic E-state index is 0.0158. The molecule has 42 heavy (non-hydrogen) atoms. The van der Waals surface area contributed by atoms with Crippen molar-refractivity contribution in [3.8, 4) is 0 Å². The first kappa shape index (κ1) is 28.1. The van der Waals surface area contributed by atoms with Crippen LogP contribution in [0.5, 0.6) is 0 Å². The second-order valence-electron chi connectivity index (χ2n) is 14.3. The summed E-state index contributed by atoms with van der Waals surface area (Å²) in [6, 6.07) is 4.23. The summed E-state index contributed by atoms with van der Waals surface area (Å²) >= 11 is 0. The molecule has 11 heteroatoms. The van der Waals surface area contributed by atoms with Crippen molar-refractivity contribution >= 4 is 25.9 Å². The van der Waals surface area contributed by atoms with E-state index < -0.39 is 30.0 Å². The number of benzene rings is 1. The van der Waals surface area contributed by atoms with E-state index in [9.17, 15) is 25.9 Å². The van der Waals surface area contributed by atoms with Crippen LogP contribution in [0.3, 0.4) is 0 Å². The third-order valence-electron chi connectivity index (χ3n) is 12.4. The highest BCUT2D eigenvalue weighted by molar-refractivity contribution is 7.86. The highest BCUT2D eigenvalue weighted by Gasteiger charge is 2.61. The van der Waals surface area contributed by atoms with Crippen molar-refractivity contribution in [1.82, 2.24) is 4.90 Å². The fourth-order valence-corrected chi connectivity index (χ4v) is 12.6. The van der Waals surface area contributed by atoms with Gasteiger partial charge in [0.05, 0.1) is 27.9 Å². The minimum atomic E-state index is -5.01. The summed E-state index contributed by atoms with van der Waals surface area (Å²) in [7, 11) is -9.69. The van der Waals surface area contributed by atoms with Crippen LogP contribution in [-0.2, 0) is 25.0 Å². The van der Waals surface area contributed by atoms with Crippen LogP contribution in [0.1, 0.15) is 75.7 Å². The third-order valence-corrected chi connectivity index (χ3v) is 14.1. The van der Waals surface area contributed by atoms with E-state index in [2.05, 4.69) is 9.48 Å². The van der Waals surface area contributed by atoms with Gasteiger partial charge < -0.3 is 9.29 Å². The Morgan fingerprint density at radius 3 is 2.38 bits per heavy atom. The monoisotopic (exact) mass is 618 g/mol. The summed E-state index contributed by atoms with van der Waals surface area (Å²) in [5, 5.41) is 0. The zero-order chi connectivity index (χ0) is 29.0. The smallest absolute Gasteiger partial charge is 0.294 e. The van der Waals surface area contributed by atoms with E-state index >= 15 is 0 Å². The van der Waals surface area contributed by atoms with E-state index in [0.29, 0.717) is 35.3 Å². The fourth-order valence-electron chi connectivity index (χ4n) is 11.2. The molecule has 230 valence electrons. The zero-order valence-electron chi connectivity index (χ0n) is 24.0. The normalized spacial score (nSPS) is 41.8.